The van der Waals surface area contributed by atoms with Crippen LogP contribution in [0.2, 0.25) is 0 Å². The van der Waals surface area contributed by atoms with Gasteiger partial charge >= 0.3 is 0 Å². The maximum Gasteiger partial charge on any atom is 0.294 e. The minimum absolute atomic E-state index is 0.0769. The van der Waals surface area contributed by atoms with Gasteiger partial charge in [0.2, 0.25) is 0 Å². The predicted molar refractivity (Wildman–Crippen MR) is 64.4 cm³/mol. The number of hydrogen-bond acceptors (Lipinski definition) is 2. The number of hydrogen-bond donors (Lipinski definition) is 1. The summed E-state index contributed by atoms with van der Waals surface area (Å²) in [7, 11) is -4.18. The lowest BCUT2D eigenvalue weighted by molar-refractivity contribution is 0.300. The number of benzene rings is 1. The van der Waals surface area contributed by atoms with Gasteiger partial charge in [0, 0.05) is 0 Å². The fourth-order valence-corrected chi connectivity index (χ4v) is 2.43. The van der Waals surface area contributed by atoms with Crippen LogP contribution in [0.5, 0.6) is 0 Å². The van der Waals surface area contributed by atoms with Crippen molar-refractivity contribution in [2.75, 3.05) is 0 Å². The lowest BCUT2D eigenvalue weighted by Gasteiger charge is -2.08. The van der Waals surface area contributed by atoms with Gasteiger partial charge in [-0.05, 0) is 37.3 Å². The van der Waals surface area contributed by atoms with E-state index in [-0.39, 0.29) is 4.90 Å². The van der Waals surface area contributed by atoms with Crippen LogP contribution in [0.3, 0.4) is 0 Å². The molecule has 0 saturated heterocycles. The molecule has 1 aromatic carbocycles. The Labute approximate surface area is 101 Å². The number of halogens is 1. The zero-order chi connectivity index (χ0) is 12.9. The van der Waals surface area contributed by atoms with Crippen molar-refractivity contribution < 1.29 is 17.4 Å². The molecule has 0 bridgehead atoms. The first kappa shape index (κ1) is 14.1. The zero-order valence-electron chi connectivity index (χ0n) is 9.77. The Morgan fingerprint density at radius 1 is 1.35 bits per heavy atom. The molecule has 1 unspecified atom stereocenters. The molecule has 0 aliphatic heterocycles. The highest BCUT2D eigenvalue weighted by atomic mass is 32.2. The van der Waals surface area contributed by atoms with Crippen LogP contribution in [0.15, 0.2) is 29.2 Å². The van der Waals surface area contributed by atoms with E-state index in [2.05, 4.69) is 0 Å². The van der Waals surface area contributed by atoms with Crippen molar-refractivity contribution in [1.82, 2.24) is 0 Å². The van der Waals surface area contributed by atoms with Crippen molar-refractivity contribution >= 4 is 10.1 Å². The Kier molecular flexibility index (Phi) is 5.08. The minimum Gasteiger partial charge on any atom is -0.282 e. The number of rotatable bonds is 6. The molecule has 0 saturated carbocycles. The normalized spacial score (nSPS) is 13.6. The quantitative estimate of drug-likeness (QED) is 0.800. The van der Waals surface area contributed by atoms with Crippen LogP contribution in [0.25, 0.3) is 0 Å². The summed E-state index contributed by atoms with van der Waals surface area (Å²) in [4.78, 5) is -0.0769. The van der Waals surface area contributed by atoms with Crippen molar-refractivity contribution in [2.24, 2.45) is 0 Å². The number of aryl methyl sites for hydroxylation is 1. The predicted octanol–water partition coefficient (Wildman–Crippen LogP) is 3.00. The molecule has 3 nitrogen and oxygen atoms in total. The molecule has 0 aliphatic rings. The molecule has 0 amide bonds. The number of alkyl halides is 1. The molecular formula is C12H17FO3S. The minimum atomic E-state index is -4.18. The van der Waals surface area contributed by atoms with Crippen LogP contribution in [0, 0.1) is 0 Å². The van der Waals surface area contributed by atoms with Crippen molar-refractivity contribution in [1.29, 1.82) is 0 Å². The van der Waals surface area contributed by atoms with Crippen molar-refractivity contribution in [3.8, 4) is 0 Å². The Hall–Kier alpha value is -0.940. The summed E-state index contributed by atoms with van der Waals surface area (Å²) in [6.45, 7) is 1.77. The molecule has 0 heterocycles. The molecule has 0 radical (unpaired) electrons. The summed E-state index contributed by atoms with van der Waals surface area (Å²) in [5, 5.41) is 0. The van der Waals surface area contributed by atoms with E-state index in [0.29, 0.717) is 31.2 Å². The van der Waals surface area contributed by atoms with Crippen LogP contribution in [-0.4, -0.2) is 19.1 Å². The highest BCUT2D eigenvalue weighted by Gasteiger charge is 2.14. The van der Waals surface area contributed by atoms with Gasteiger partial charge in [0.25, 0.3) is 10.1 Å². The fourth-order valence-electron chi connectivity index (χ4n) is 1.68. The van der Waals surface area contributed by atoms with Gasteiger partial charge in [-0.3, -0.25) is 4.55 Å². The Bertz CT molecular complexity index is 457. The third kappa shape index (κ3) is 4.44. The molecule has 1 atom stereocenters. The highest BCUT2D eigenvalue weighted by Crippen LogP contribution is 2.18. The first-order chi connectivity index (χ1) is 7.95. The van der Waals surface area contributed by atoms with Gasteiger partial charge in [-0.15, -0.1) is 0 Å². The van der Waals surface area contributed by atoms with Crippen molar-refractivity contribution in [3.05, 3.63) is 29.8 Å². The summed E-state index contributed by atoms with van der Waals surface area (Å²) in [6, 6.07) is 6.26. The second-order valence-electron chi connectivity index (χ2n) is 3.98. The molecule has 5 heteroatoms. The van der Waals surface area contributed by atoms with E-state index >= 15 is 0 Å². The van der Waals surface area contributed by atoms with E-state index in [1.165, 1.54) is 6.07 Å². The standard InChI is InChI=1S/C12H17FO3S/c1-2-11(13)8-5-7-10-6-3-4-9-12(10)17(14,15)16/h3-4,6,9,11H,2,5,7-8H2,1H3,(H,14,15,16). The van der Waals surface area contributed by atoms with Crippen LogP contribution < -0.4 is 0 Å². The van der Waals surface area contributed by atoms with Crippen molar-refractivity contribution in [2.45, 2.75) is 43.7 Å². The third-order valence-electron chi connectivity index (χ3n) is 2.66. The SMILES string of the molecule is CCC(F)CCCc1ccccc1S(=O)(=O)O. The van der Waals surface area contributed by atoms with E-state index in [1.54, 1.807) is 25.1 Å². The summed E-state index contributed by atoms with van der Waals surface area (Å²) < 4.78 is 44.2. The lowest BCUT2D eigenvalue weighted by Crippen LogP contribution is -2.04. The van der Waals surface area contributed by atoms with Crippen LogP contribution in [-0.2, 0) is 16.5 Å². The van der Waals surface area contributed by atoms with E-state index in [4.69, 9.17) is 4.55 Å². The van der Waals surface area contributed by atoms with Crippen LogP contribution in [0.1, 0.15) is 31.7 Å². The largest absolute Gasteiger partial charge is 0.294 e. The molecule has 1 aromatic rings. The molecule has 0 spiro atoms. The molecule has 0 fully saturated rings. The average molecular weight is 260 g/mol. The summed E-state index contributed by atoms with van der Waals surface area (Å²) in [5.74, 6) is 0. The average Bonchev–Trinajstić information content (AvgIpc) is 2.28. The van der Waals surface area contributed by atoms with E-state index in [0.717, 1.165) is 0 Å². The van der Waals surface area contributed by atoms with E-state index in [1.807, 2.05) is 0 Å². The van der Waals surface area contributed by atoms with Gasteiger partial charge in [0.05, 0.1) is 11.1 Å². The Morgan fingerprint density at radius 2 is 2.00 bits per heavy atom. The Morgan fingerprint density at radius 3 is 2.59 bits per heavy atom. The molecular weight excluding hydrogens is 243 g/mol. The van der Waals surface area contributed by atoms with Crippen molar-refractivity contribution in [3.63, 3.8) is 0 Å². The smallest absolute Gasteiger partial charge is 0.282 e. The second kappa shape index (κ2) is 6.12. The van der Waals surface area contributed by atoms with Gasteiger partial charge in [0.15, 0.2) is 0 Å². The summed E-state index contributed by atoms with van der Waals surface area (Å²) in [6.07, 6.45) is 1.07. The molecule has 1 rings (SSSR count). The lowest BCUT2D eigenvalue weighted by atomic mass is 10.1. The maximum absolute atomic E-state index is 13.0. The maximum atomic E-state index is 13.0. The summed E-state index contributed by atoms with van der Waals surface area (Å²) in [5.41, 5.74) is 0.540. The van der Waals surface area contributed by atoms with E-state index < -0.39 is 16.3 Å². The Balaban J connectivity index is 2.72. The molecule has 0 aromatic heterocycles. The second-order valence-corrected chi connectivity index (χ2v) is 5.37. The monoisotopic (exact) mass is 260 g/mol. The van der Waals surface area contributed by atoms with Gasteiger partial charge in [-0.2, -0.15) is 8.42 Å². The van der Waals surface area contributed by atoms with Gasteiger partial charge in [0.1, 0.15) is 0 Å². The first-order valence-electron chi connectivity index (χ1n) is 5.64. The first-order valence-corrected chi connectivity index (χ1v) is 7.08. The van der Waals surface area contributed by atoms with Crippen LogP contribution >= 0.6 is 0 Å². The molecule has 96 valence electrons. The molecule has 1 N–H and O–H groups in total. The third-order valence-corrected chi connectivity index (χ3v) is 3.61. The van der Waals surface area contributed by atoms with Crippen LogP contribution in [0.4, 0.5) is 4.39 Å². The summed E-state index contributed by atoms with van der Waals surface area (Å²) >= 11 is 0. The van der Waals surface area contributed by atoms with Gasteiger partial charge in [-0.25, -0.2) is 4.39 Å². The topological polar surface area (TPSA) is 54.4 Å². The fraction of sp³-hybridized carbons (Fsp3) is 0.500. The highest BCUT2D eigenvalue weighted by molar-refractivity contribution is 7.85. The zero-order valence-corrected chi connectivity index (χ0v) is 10.6. The molecule has 17 heavy (non-hydrogen) atoms. The van der Waals surface area contributed by atoms with Gasteiger partial charge in [-0.1, -0.05) is 25.1 Å². The van der Waals surface area contributed by atoms with E-state index in [9.17, 15) is 12.8 Å². The molecule has 0 aliphatic carbocycles. The van der Waals surface area contributed by atoms with Gasteiger partial charge < -0.3 is 0 Å².